The molecule has 1 aliphatic heterocycles. The Kier molecular flexibility index (Phi) is 5.08. The molecule has 2 N–H and O–H groups in total. The lowest BCUT2D eigenvalue weighted by Gasteiger charge is -2.32. The van der Waals surface area contributed by atoms with Gasteiger partial charge in [0.05, 0.1) is 17.8 Å². The minimum Gasteiger partial charge on any atom is -0.478 e. The lowest BCUT2D eigenvalue weighted by atomic mass is 10.0. The zero-order chi connectivity index (χ0) is 20.5. The Bertz CT molecular complexity index is 928. The standard InChI is InChI=1S/C21H24N4O4/c1-13-10-18(13)19(26)23-16-4-2-14(3-5-16)20(27)24-8-6-17(7-9-24)25-12-15(11-22-25)21(28)29/h2-5,11-13,17-18H,6-10H2,1H3,(H,23,26)(H,28,29). The number of aromatic nitrogens is 2. The van der Waals surface area contributed by atoms with Gasteiger partial charge in [-0.1, -0.05) is 6.92 Å². The van der Waals surface area contributed by atoms with E-state index in [9.17, 15) is 14.4 Å². The summed E-state index contributed by atoms with van der Waals surface area (Å²) in [5.41, 5.74) is 1.47. The van der Waals surface area contributed by atoms with Crippen LogP contribution in [0.1, 0.15) is 52.9 Å². The molecule has 2 aromatic rings. The van der Waals surface area contributed by atoms with E-state index in [1.165, 1.54) is 6.20 Å². The highest BCUT2D eigenvalue weighted by atomic mass is 16.4. The summed E-state index contributed by atoms with van der Waals surface area (Å²) in [6.07, 6.45) is 5.28. The predicted molar refractivity (Wildman–Crippen MR) is 106 cm³/mol. The molecule has 0 radical (unpaired) electrons. The number of hydrogen-bond donors (Lipinski definition) is 2. The van der Waals surface area contributed by atoms with Gasteiger partial charge in [0.1, 0.15) is 0 Å². The smallest absolute Gasteiger partial charge is 0.338 e. The Balaban J connectivity index is 1.32. The number of benzene rings is 1. The van der Waals surface area contributed by atoms with Crippen LogP contribution in [0.15, 0.2) is 36.7 Å². The summed E-state index contributed by atoms with van der Waals surface area (Å²) in [4.78, 5) is 37.6. The number of piperidine rings is 1. The van der Waals surface area contributed by atoms with Crippen molar-refractivity contribution in [1.82, 2.24) is 14.7 Å². The van der Waals surface area contributed by atoms with Crippen LogP contribution < -0.4 is 5.32 Å². The zero-order valence-corrected chi connectivity index (χ0v) is 16.2. The third kappa shape index (κ3) is 4.16. The Morgan fingerprint density at radius 1 is 1.10 bits per heavy atom. The summed E-state index contributed by atoms with van der Waals surface area (Å²) in [6, 6.07) is 7.11. The molecule has 2 atom stereocenters. The Morgan fingerprint density at radius 2 is 1.76 bits per heavy atom. The molecular weight excluding hydrogens is 372 g/mol. The van der Waals surface area contributed by atoms with Gasteiger partial charge in [-0.2, -0.15) is 5.10 Å². The van der Waals surface area contributed by atoms with Gasteiger partial charge in [0, 0.05) is 36.5 Å². The van der Waals surface area contributed by atoms with Crippen molar-refractivity contribution < 1.29 is 19.5 Å². The molecule has 1 saturated carbocycles. The minimum absolute atomic E-state index is 0.0381. The number of amides is 2. The number of nitrogens with zero attached hydrogens (tertiary/aromatic N) is 3. The summed E-state index contributed by atoms with van der Waals surface area (Å²) in [7, 11) is 0. The van der Waals surface area contributed by atoms with Gasteiger partial charge in [0.2, 0.25) is 5.91 Å². The van der Waals surface area contributed by atoms with Gasteiger partial charge < -0.3 is 15.3 Å². The SMILES string of the molecule is CC1CC1C(=O)Nc1ccc(C(=O)N2CCC(n3cc(C(=O)O)cn3)CC2)cc1. The number of hydrogen-bond acceptors (Lipinski definition) is 4. The fourth-order valence-corrected chi connectivity index (χ4v) is 3.78. The van der Waals surface area contributed by atoms with E-state index in [1.807, 2.05) is 0 Å². The first-order valence-corrected chi connectivity index (χ1v) is 9.90. The number of nitrogens with one attached hydrogen (secondary N) is 1. The van der Waals surface area contributed by atoms with Crippen molar-refractivity contribution in [1.29, 1.82) is 0 Å². The van der Waals surface area contributed by atoms with Crippen LogP contribution in [0, 0.1) is 11.8 Å². The molecule has 29 heavy (non-hydrogen) atoms. The van der Waals surface area contributed by atoms with Crippen molar-refractivity contribution in [3.63, 3.8) is 0 Å². The first kappa shape index (κ1) is 19.2. The first-order chi connectivity index (χ1) is 13.9. The molecule has 1 aromatic carbocycles. The molecular formula is C21H24N4O4. The molecule has 4 rings (SSSR count). The zero-order valence-electron chi connectivity index (χ0n) is 16.2. The number of likely N-dealkylation sites (tertiary alicyclic amines) is 1. The largest absolute Gasteiger partial charge is 0.478 e. The van der Waals surface area contributed by atoms with Crippen LogP contribution in [-0.2, 0) is 4.79 Å². The average molecular weight is 396 g/mol. The van der Waals surface area contributed by atoms with Gasteiger partial charge in [-0.3, -0.25) is 14.3 Å². The second kappa shape index (κ2) is 7.69. The fraction of sp³-hybridized carbons (Fsp3) is 0.429. The number of carboxylic acid groups (broad SMARTS) is 1. The average Bonchev–Trinajstić information content (AvgIpc) is 3.25. The van der Waals surface area contributed by atoms with E-state index in [0.717, 1.165) is 19.3 Å². The maximum Gasteiger partial charge on any atom is 0.338 e. The Labute approximate surface area is 168 Å². The molecule has 0 spiro atoms. The monoisotopic (exact) mass is 396 g/mol. The van der Waals surface area contributed by atoms with Crippen molar-refractivity contribution in [2.75, 3.05) is 18.4 Å². The molecule has 2 amide bonds. The normalized spacial score (nSPS) is 21.6. The number of carbonyl (C=O) groups is 3. The number of carboxylic acids is 1. The predicted octanol–water partition coefficient (Wildman–Crippen LogP) is 2.65. The lowest BCUT2D eigenvalue weighted by Crippen LogP contribution is -2.39. The van der Waals surface area contributed by atoms with E-state index in [1.54, 1.807) is 40.0 Å². The Hall–Kier alpha value is -3.16. The van der Waals surface area contributed by atoms with E-state index in [4.69, 9.17) is 5.11 Å². The summed E-state index contributed by atoms with van der Waals surface area (Å²) < 4.78 is 1.68. The van der Waals surface area contributed by atoms with E-state index in [2.05, 4.69) is 17.3 Å². The summed E-state index contributed by atoms with van der Waals surface area (Å²) in [5, 5.41) is 16.1. The number of anilines is 1. The van der Waals surface area contributed by atoms with Crippen LogP contribution in [-0.4, -0.2) is 50.7 Å². The van der Waals surface area contributed by atoms with Gasteiger partial charge in [-0.05, 0) is 49.4 Å². The van der Waals surface area contributed by atoms with Gasteiger partial charge >= 0.3 is 5.97 Å². The quantitative estimate of drug-likeness (QED) is 0.808. The van der Waals surface area contributed by atoms with Crippen molar-refractivity contribution >= 4 is 23.5 Å². The minimum atomic E-state index is -0.991. The molecule has 2 heterocycles. The molecule has 2 fully saturated rings. The molecule has 152 valence electrons. The van der Waals surface area contributed by atoms with Crippen molar-refractivity contribution in [2.24, 2.45) is 11.8 Å². The van der Waals surface area contributed by atoms with E-state index < -0.39 is 5.97 Å². The van der Waals surface area contributed by atoms with Crippen LogP contribution >= 0.6 is 0 Å². The van der Waals surface area contributed by atoms with Crippen LogP contribution in [0.4, 0.5) is 5.69 Å². The molecule has 2 aliphatic rings. The topological polar surface area (TPSA) is 105 Å². The highest BCUT2D eigenvalue weighted by Crippen LogP contribution is 2.38. The molecule has 2 unspecified atom stereocenters. The maximum atomic E-state index is 12.8. The maximum absolute atomic E-state index is 12.8. The lowest BCUT2D eigenvalue weighted by molar-refractivity contribution is -0.117. The third-order valence-corrected chi connectivity index (χ3v) is 5.82. The number of aromatic carboxylic acids is 1. The second-order valence-corrected chi connectivity index (χ2v) is 7.92. The van der Waals surface area contributed by atoms with Gasteiger partial charge in [-0.25, -0.2) is 4.79 Å². The summed E-state index contributed by atoms with van der Waals surface area (Å²) in [5.74, 6) is -0.419. The van der Waals surface area contributed by atoms with E-state index in [-0.39, 0.29) is 29.3 Å². The van der Waals surface area contributed by atoms with Crippen molar-refractivity contribution in [3.8, 4) is 0 Å². The molecule has 8 nitrogen and oxygen atoms in total. The van der Waals surface area contributed by atoms with E-state index in [0.29, 0.717) is 30.3 Å². The molecule has 8 heteroatoms. The number of rotatable bonds is 5. The van der Waals surface area contributed by atoms with E-state index >= 15 is 0 Å². The fourth-order valence-electron chi connectivity index (χ4n) is 3.78. The van der Waals surface area contributed by atoms with Crippen LogP contribution in [0.2, 0.25) is 0 Å². The number of carbonyl (C=O) groups excluding carboxylic acids is 2. The highest BCUT2D eigenvalue weighted by molar-refractivity contribution is 5.97. The third-order valence-electron chi connectivity index (χ3n) is 5.82. The van der Waals surface area contributed by atoms with Crippen LogP contribution in [0.25, 0.3) is 0 Å². The summed E-state index contributed by atoms with van der Waals surface area (Å²) in [6.45, 7) is 3.24. The molecule has 1 saturated heterocycles. The van der Waals surface area contributed by atoms with Gasteiger partial charge in [0.25, 0.3) is 5.91 Å². The molecule has 1 aromatic heterocycles. The van der Waals surface area contributed by atoms with Crippen molar-refractivity contribution in [3.05, 3.63) is 47.8 Å². The van der Waals surface area contributed by atoms with Gasteiger partial charge in [-0.15, -0.1) is 0 Å². The van der Waals surface area contributed by atoms with Crippen molar-refractivity contribution in [2.45, 2.75) is 32.2 Å². The molecule has 0 bridgehead atoms. The van der Waals surface area contributed by atoms with Crippen LogP contribution in [0.5, 0.6) is 0 Å². The Morgan fingerprint density at radius 3 is 2.31 bits per heavy atom. The molecule has 1 aliphatic carbocycles. The van der Waals surface area contributed by atoms with Gasteiger partial charge in [0.15, 0.2) is 0 Å². The first-order valence-electron chi connectivity index (χ1n) is 9.90. The van der Waals surface area contributed by atoms with Crippen LogP contribution in [0.3, 0.4) is 0 Å². The highest BCUT2D eigenvalue weighted by Gasteiger charge is 2.39. The second-order valence-electron chi connectivity index (χ2n) is 7.92. The summed E-state index contributed by atoms with van der Waals surface area (Å²) >= 11 is 0.